The van der Waals surface area contributed by atoms with Gasteiger partial charge in [0.1, 0.15) is 11.5 Å². The monoisotopic (exact) mass is 485 g/mol. The van der Waals surface area contributed by atoms with Crippen LogP contribution in [0.2, 0.25) is 0 Å². The predicted octanol–water partition coefficient (Wildman–Crippen LogP) is 6.14. The summed E-state index contributed by atoms with van der Waals surface area (Å²) in [5.74, 6) is -0.736. The van der Waals surface area contributed by atoms with Crippen LogP contribution in [-0.2, 0) is 16.6 Å². The summed E-state index contributed by atoms with van der Waals surface area (Å²) < 4.78 is 16.9. The predicted molar refractivity (Wildman–Crippen MR) is 137 cm³/mol. The lowest BCUT2D eigenvalue weighted by Gasteiger charge is -2.14. The number of carbonyl (C=O) groups excluding carboxylic acids is 1. The van der Waals surface area contributed by atoms with Crippen LogP contribution in [0.1, 0.15) is 31.2 Å². The number of pyridine rings is 2. The molecule has 5 rings (SSSR count). The summed E-state index contributed by atoms with van der Waals surface area (Å²) in [5, 5.41) is 3.30. The number of carbonyl (C=O) groups is 1. The summed E-state index contributed by atoms with van der Waals surface area (Å²) in [6, 6.07) is 12.8. The number of nitrogens with one attached hydrogen (secondary N) is 1. The number of thiazole rings is 1. The molecule has 0 saturated carbocycles. The Kier molecular flexibility index (Phi) is 5.90. The second kappa shape index (κ2) is 9.03. The molecule has 0 atom stereocenters. The van der Waals surface area contributed by atoms with Crippen LogP contribution in [0.3, 0.4) is 0 Å². The smallest absolute Gasteiger partial charge is 0.230 e. The molecular formula is C27H24FN5OS. The number of rotatable bonds is 5. The maximum atomic E-state index is 15.0. The highest BCUT2D eigenvalue weighted by Crippen LogP contribution is 2.30. The standard InChI is InChI=1S/C27H24FN5OS/c1-27(2,3)23-16-31-26(35-23)32-25(34)14-19-4-5-20(12-21(19)28)22-15-30-24-13-18(8-11-33(22)24)17-6-9-29-10-7-17/h4-13,15-16H,14H2,1-3H3,(H,31,32,34). The Hall–Kier alpha value is -3.91. The molecule has 8 heteroatoms. The number of hydrogen-bond donors (Lipinski definition) is 1. The van der Waals surface area contributed by atoms with E-state index in [9.17, 15) is 9.18 Å². The summed E-state index contributed by atoms with van der Waals surface area (Å²) in [4.78, 5) is 26.4. The van der Waals surface area contributed by atoms with Gasteiger partial charge < -0.3 is 5.32 Å². The van der Waals surface area contributed by atoms with Gasteiger partial charge in [-0.25, -0.2) is 14.4 Å². The van der Waals surface area contributed by atoms with E-state index < -0.39 is 5.82 Å². The van der Waals surface area contributed by atoms with Gasteiger partial charge in [-0.1, -0.05) is 32.9 Å². The molecule has 6 nitrogen and oxygen atoms in total. The van der Waals surface area contributed by atoms with Crippen LogP contribution >= 0.6 is 11.3 Å². The van der Waals surface area contributed by atoms with Crippen LogP contribution in [0.25, 0.3) is 28.0 Å². The number of aromatic nitrogens is 4. The molecule has 0 aliphatic carbocycles. The van der Waals surface area contributed by atoms with Crippen LogP contribution in [0.15, 0.2) is 73.4 Å². The Bertz CT molecular complexity index is 1520. The molecule has 0 aliphatic rings. The van der Waals surface area contributed by atoms with Crippen molar-refractivity contribution in [3.05, 3.63) is 89.7 Å². The van der Waals surface area contributed by atoms with E-state index in [2.05, 4.69) is 41.0 Å². The van der Waals surface area contributed by atoms with Crippen LogP contribution in [0.5, 0.6) is 0 Å². The molecule has 0 saturated heterocycles. The maximum Gasteiger partial charge on any atom is 0.230 e. The highest BCUT2D eigenvalue weighted by molar-refractivity contribution is 7.15. The lowest BCUT2D eigenvalue weighted by Crippen LogP contribution is -2.15. The van der Waals surface area contributed by atoms with Crippen molar-refractivity contribution in [2.75, 3.05) is 5.32 Å². The SMILES string of the molecule is CC(C)(C)c1cnc(NC(=O)Cc2ccc(-c3cnc4cc(-c5ccncc5)ccn34)cc2F)s1. The Labute approximate surface area is 206 Å². The van der Waals surface area contributed by atoms with E-state index in [4.69, 9.17) is 0 Å². The van der Waals surface area contributed by atoms with E-state index in [1.807, 2.05) is 40.9 Å². The highest BCUT2D eigenvalue weighted by atomic mass is 32.1. The summed E-state index contributed by atoms with van der Waals surface area (Å²) in [6.07, 6.45) is 8.85. The molecule has 0 spiro atoms. The molecule has 4 aromatic heterocycles. The number of amides is 1. The third-order valence-corrected chi connectivity index (χ3v) is 7.06. The van der Waals surface area contributed by atoms with Gasteiger partial charge >= 0.3 is 0 Å². The normalized spacial score (nSPS) is 11.7. The maximum absolute atomic E-state index is 15.0. The van der Waals surface area contributed by atoms with Crippen molar-refractivity contribution in [1.82, 2.24) is 19.4 Å². The zero-order valence-electron chi connectivity index (χ0n) is 19.6. The van der Waals surface area contributed by atoms with E-state index in [0.29, 0.717) is 16.3 Å². The van der Waals surface area contributed by atoms with Gasteiger partial charge in [0.25, 0.3) is 0 Å². The van der Waals surface area contributed by atoms with Gasteiger partial charge in [0.2, 0.25) is 5.91 Å². The summed E-state index contributed by atoms with van der Waals surface area (Å²) >= 11 is 1.43. The molecule has 176 valence electrons. The fourth-order valence-electron chi connectivity index (χ4n) is 3.78. The lowest BCUT2D eigenvalue weighted by atomic mass is 9.96. The molecule has 0 fully saturated rings. The summed E-state index contributed by atoms with van der Waals surface area (Å²) in [6.45, 7) is 6.27. The largest absolute Gasteiger partial charge is 0.302 e. The molecule has 1 N–H and O–H groups in total. The number of halogens is 1. The van der Waals surface area contributed by atoms with E-state index in [-0.39, 0.29) is 17.7 Å². The van der Waals surface area contributed by atoms with E-state index >= 15 is 0 Å². The van der Waals surface area contributed by atoms with E-state index in [1.165, 1.54) is 17.4 Å². The Morgan fingerprint density at radius 3 is 2.51 bits per heavy atom. The van der Waals surface area contributed by atoms with Crippen LogP contribution in [0.4, 0.5) is 9.52 Å². The minimum Gasteiger partial charge on any atom is -0.302 e. The first kappa shape index (κ1) is 22.9. The van der Waals surface area contributed by atoms with Gasteiger partial charge in [0, 0.05) is 35.2 Å². The minimum atomic E-state index is -0.435. The first-order valence-electron chi connectivity index (χ1n) is 11.2. The molecule has 0 radical (unpaired) electrons. The van der Waals surface area contributed by atoms with Crippen molar-refractivity contribution in [3.8, 4) is 22.4 Å². The summed E-state index contributed by atoms with van der Waals surface area (Å²) in [7, 11) is 0. The van der Waals surface area contributed by atoms with Crippen molar-refractivity contribution in [2.24, 2.45) is 0 Å². The topological polar surface area (TPSA) is 72.2 Å². The average Bonchev–Trinajstić information content (AvgIpc) is 3.48. The zero-order valence-corrected chi connectivity index (χ0v) is 20.4. The molecule has 1 amide bonds. The fraction of sp³-hybridized carbons (Fsp3) is 0.185. The van der Waals surface area contributed by atoms with Crippen molar-refractivity contribution in [2.45, 2.75) is 32.6 Å². The molecule has 35 heavy (non-hydrogen) atoms. The number of nitrogens with zero attached hydrogens (tertiary/aromatic N) is 4. The van der Waals surface area contributed by atoms with Crippen molar-refractivity contribution < 1.29 is 9.18 Å². The van der Waals surface area contributed by atoms with Crippen molar-refractivity contribution in [1.29, 1.82) is 0 Å². The fourth-order valence-corrected chi connectivity index (χ4v) is 4.67. The second-order valence-corrected chi connectivity index (χ2v) is 10.4. The minimum absolute atomic E-state index is 0.0407. The molecule has 1 aromatic carbocycles. The first-order valence-corrected chi connectivity index (χ1v) is 12.0. The van der Waals surface area contributed by atoms with Crippen LogP contribution in [-0.4, -0.2) is 25.3 Å². The number of imidazole rings is 1. The Morgan fingerprint density at radius 2 is 1.80 bits per heavy atom. The molecule has 0 aliphatic heterocycles. The number of benzene rings is 1. The molecule has 0 bridgehead atoms. The van der Waals surface area contributed by atoms with E-state index in [1.54, 1.807) is 30.9 Å². The average molecular weight is 486 g/mol. The van der Waals surface area contributed by atoms with Gasteiger partial charge in [0.15, 0.2) is 5.13 Å². The van der Waals surface area contributed by atoms with Crippen molar-refractivity contribution in [3.63, 3.8) is 0 Å². The highest BCUT2D eigenvalue weighted by Gasteiger charge is 2.18. The van der Waals surface area contributed by atoms with Gasteiger partial charge in [-0.15, -0.1) is 11.3 Å². The summed E-state index contributed by atoms with van der Waals surface area (Å²) in [5.41, 5.74) is 4.58. The number of fused-ring (bicyclic) bond motifs is 1. The van der Waals surface area contributed by atoms with E-state index in [0.717, 1.165) is 27.3 Å². The molecular weight excluding hydrogens is 461 g/mol. The third kappa shape index (κ3) is 4.83. The van der Waals surface area contributed by atoms with Crippen LogP contribution in [0, 0.1) is 5.82 Å². The molecule has 0 unspecified atom stereocenters. The lowest BCUT2D eigenvalue weighted by molar-refractivity contribution is -0.115. The Balaban J connectivity index is 1.33. The first-order chi connectivity index (χ1) is 16.8. The molecule has 4 heterocycles. The second-order valence-electron chi connectivity index (χ2n) is 9.33. The number of anilines is 1. The van der Waals surface area contributed by atoms with Crippen molar-refractivity contribution >= 4 is 28.0 Å². The number of hydrogen-bond acceptors (Lipinski definition) is 5. The third-order valence-electron chi connectivity index (χ3n) is 5.72. The molecule has 5 aromatic rings. The van der Waals surface area contributed by atoms with Gasteiger partial charge in [-0.3, -0.25) is 14.2 Å². The van der Waals surface area contributed by atoms with Gasteiger partial charge in [0.05, 0.1) is 18.3 Å². The zero-order chi connectivity index (χ0) is 24.6. The van der Waals surface area contributed by atoms with Gasteiger partial charge in [-0.2, -0.15) is 0 Å². The Morgan fingerprint density at radius 1 is 1.00 bits per heavy atom. The van der Waals surface area contributed by atoms with Crippen LogP contribution < -0.4 is 5.32 Å². The van der Waals surface area contributed by atoms with Gasteiger partial charge in [-0.05, 0) is 52.4 Å². The quantitative estimate of drug-likeness (QED) is 0.325.